The topological polar surface area (TPSA) is 46.5 Å². The molecule has 0 aromatic rings. The van der Waals surface area contributed by atoms with E-state index in [0.717, 1.165) is 0 Å². The molecular formula is C6H12O3S2. The number of carbonyl (C=O) groups excluding carboxylic acids is 1. The number of rotatable bonds is 3. The Balaban J connectivity index is 3.71. The molecule has 11 heavy (non-hydrogen) atoms. The molecule has 0 aliphatic carbocycles. The molecule has 1 N–H and O–H groups in total. The van der Waals surface area contributed by atoms with E-state index in [4.69, 9.17) is 5.11 Å². The maximum Gasteiger partial charge on any atom is 0.331 e. The van der Waals surface area contributed by atoms with Crippen molar-refractivity contribution in [3.05, 3.63) is 0 Å². The summed E-state index contributed by atoms with van der Waals surface area (Å²) in [7, 11) is 0. The highest BCUT2D eigenvalue weighted by Crippen LogP contribution is 2.19. The predicted octanol–water partition coefficient (Wildman–Crippen LogP) is 0.486. The van der Waals surface area contributed by atoms with E-state index in [1.807, 2.05) is 0 Å². The Bertz CT molecular complexity index is 139. The van der Waals surface area contributed by atoms with Crippen LogP contribution in [0, 0.1) is 0 Å². The molecule has 0 heterocycles. The van der Waals surface area contributed by atoms with Gasteiger partial charge in [-0.15, -0.1) is 0 Å². The van der Waals surface area contributed by atoms with Crippen molar-refractivity contribution in [3.8, 4) is 0 Å². The van der Waals surface area contributed by atoms with Crippen LogP contribution in [0.5, 0.6) is 0 Å². The molecule has 1 unspecified atom stereocenters. The fourth-order valence-electron chi connectivity index (χ4n) is 0.333. The van der Waals surface area contributed by atoms with Crippen LogP contribution in [0.25, 0.3) is 0 Å². The van der Waals surface area contributed by atoms with Gasteiger partial charge < -0.3 is 9.84 Å². The number of hydrogen-bond acceptors (Lipinski definition) is 5. The van der Waals surface area contributed by atoms with Crippen molar-refractivity contribution in [1.82, 2.24) is 0 Å². The zero-order valence-electron chi connectivity index (χ0n) is 6.44. The standard InChI is InChI=1S/C6H12O3S2/c1-4(7)3-9-5(8)6(2,10)11/h4,7,10-11H,3H2,1-2H3. The lowest BCUT2D eigenvalue weighted by molar-refractivity contribution is -0.146. The number of aliphatic hydroxyl groups is 1. The number of esters is 1. The van der Waals surface area contributed by atoms with Crippen molar-refractivity contribution >= 4 is 31.2 Å². The Labute approximate surface area is 76.9 Å². The van der Waals surface area contributed by atoms with E-state index < -0.39 is 16.2 Å². The summed E-state index contributed by atoms with van der Waals surface area (Å²) in [6, 6.07) is 0. The number of ether oxygens (including phenoxy) is 1. The Hall–Kier alpha value is 0.130. The van der Waals surface area contributed by atoms with E-state index in [0.29, 0.717) is 0 Å². The van der Waals surface area contributed by atoms with Crippen molar-refractivity contribution in [2.24, 2.45) is 0 Å². The first-order chi connectivity index (χ1) is 4.84. The van der Waals surface area contributed by atoms with E-state index in [2.05, 4.69) is 30.0 Å². The molecular weight excluding hydrogens is 184 g/mol. The van der Waals surface area contributed by atoms with Gasteiger partial charge in [0.1, 0.15) is 6.61 Å². The van der Waals surface area contributed by atoms with Crippen LogP contribution in [0.4, 0.5) is 0 Å². The molecule has 0 rings (SSSR count). The SMILES string of the molecule is CC(O)COC(=O)C(C)(S)S. The molecule has 0 saturated carbocycles. The fraction of sp³-hybridized carbons (Fsp3) is 0.833. The average molecular weight is 196 g/mol. The molecule has 3 nitrogen and oxygen atoms in total. The minimum atomic E-state index is -1.09. The van der Waals surface area contributed by atoms with E-state index in [-0.39, 0.29) is 6.61 Å². The van der Waals surface area contributed by atoms with Crippen LogP contribution in [0.3, 0.4) is 0 Å². The third kappa shape index (κ3) is 5.41. The van der Waals surface area contributed by atoms with Crippen LogP contribution in [-0.2, 0) is 9.53 Å². The number of aliphatic hydroxyl groups excluding tert-OH is 1. The van der Waals surface area contributed by atoms with Crippen LogP contribution >= 0.6 is 25.3 Å². The molecule has 0 bridgehead atoms. The molecule has 0 aliphatic rings. The van der Waals surface area contributed by atoms with Crippen molar-refractivity contribution in [2.75, 3.05) is 6.61 Å². The first-order valence-electron chi connectivity index (χ1n) is 3.14. The number of thiol groups is 2. The molecule has 0 spiro atoms. The lowest BCUT2D eigenvalue weighted by Gasteiger charge is -2.15. The summed E-state index contributed by atoms with van der Waals surface area (Å²) >= 11 is 7.72. The molecule has 0 radical (unpaired) electrons. The Kier molecular flexibility index (Phi) is 4.28. The quantitative estimate of drug-likeness (QED) is 0.350. The van der Waals surface area contributed by atoms with E-state index in [1.165, 1.54) is 13.8 Å². The Morgan fingerprint density at radius 1 is 1.73 bits per heavy atom. The van der Waals surface area contributed by atoms with Crippen LogP contribution in [0.2, 0.25) is 0 Å². The van der Waals surface area contributed by atoms with E-state index >= 15 is 0 Å². The van der Waals surface area contributed by atoms with E-state index in [1.54, 1.807) is 0 Å². The average Bonchev–Trinajstić information content (AvgIpc) is 1.80. The second kappa shape index (κ2) is 4.23. The summed E-state index contributed by atoms with van der Waals surface area (Å²) in [6.45, 7) is 3.01. The molecule has 1 atom stereocenters. The van der Waals surface area contributed by atoms with Gasteiger partial charge in [-0.05, 0) is 13.8 Å². The van der Waals surface area contributed by atoms with Gasteiger partial charge in [-0.2, -0.15) is 25.3 Å². The molecule has 0 fully saturated rings. The van der Waals surface area contributed by atoms with Gasteiger partial charge in [-0.3, -0.25) is 0 Å². The van der Waals surface area contributed by atoms with Gasteiger partial charge in [0, 0.05) is 0 Å². The summed E-state index contributed by atoms with van der Waals surface area (Å²) in [5.74, 6) is -0.551. The maximum atomic E-state index is 10.9. The van der Waals surface area contributed by atoms with Crippen LogP contribution in [0.15, 0.2) is 0 Å². The van der Waals surface area contributed by atoms with Gasteiger partial charge in [-0.25, -0.2) is 4.79 Å². The van der Waals surface area contributed by atoms with Gasteiger partial charge in [0.05, 0.1) is 6.10 Å². The molecule has 0 aromatic heterocycles. The summed E-state index contributed by atoms with van der Waals surface area (Å²) < 4.78 is 3.54. The minimum Gasteiger partial charge on any atom is -0.461 e. The second-order valence-electron chi connectivity index (χ2n) is 2.47. The zero-order chi connectivity index (χ0) is 9.07. The van der Waals surface area contributed by atoms with Gasteiger partial charge in [-0.1, -0.05) is 0 Å². The summed E-state index contributed by atoms with van der Waals surface area (Å²) in [6.07, 6.45) is -0.650. The summed E-state index contributed by atoms with van der Waals surface area (Å²) in [4.78, 5) is 10.9. The largest absolute Gasteiger partial charge is 0.461 e. The lowest BCUT2D eigenvalue weighted by Crippen LogP contribution is -2.27. The predicted molar refractivity (Wildman–Crippen MR) is 49.0 cm³/mol. The second-order valence-corrected chi connectivity index (χ2v) is 4.61. The van der Waals surface area contributed by atoms with Gasteiger partial charge >= 0.3 is 5.97 Å². The normalized spacial score (nSPS) is 14.3. The third-order valence-corrected chi connectivity index (χ3v) is 1.21. The first kappa shape index (κ1) is 11.1. The van der Waals surface area contributed by atoms with Crippen molar-refractivity contribution in [1.29, 1.82) is 0 Å². The van der Waals surface area contributed by atoms with Gasteiger partial charge in [0.25, 0.3) is 0 Å². The van der Waals surface area contributed by atoms with Crippen LogP contribution in [0.1, 0.15) is 13.8 Å². The zero-order valence-corrected chi connectivity index (χ0v) is 8.23. The summed E-state index contributed by atoms with van der Waals surface area (Å²) in [5, 5.41) is 8.74. The Morgan fingerprint density at radius 2 is 2.18 bits per heavy atom. The van der Waals surface area contributed by atoms with Crippen LogP contribution < -0.4 is 0 Å². The third-order valence-electron chi connectivity index (χ3n) is 0.842. The van der Waals surface area contributed by atoms with Crippen molar-refractivity contribution in [2.45, 2.75) is 24.0 Å². The molecule has 0 aromatic carbocycles. The highest BCUT2D eigenvalue weighted by Gasteiger charge is 2.25. The lowest BCUT2D eigenvalue weighted by atomic mass is 10.4. The molecule has 0 amide bonds. The molecule has 0 aliphatic heterocycles. The van der Waals surface area contributed by atoms with Crippen molar-refractivity contribution in [3.63, 3.8) is 0 Å². The van der Waals surface area contributed by atoms with Crippen molar-refractivity contribution < 1.29 is 14.6 Å². The molecule has 0 saturated heterocycles. The highest BCUT2D eigenvalue weighted by atomic mass is 32.2. The smallest absolute Gasteiger partial charge is 0.331 e. The molecule has 66 valence electrons. The van der Waals surface area contributed by atoms with Gasteiger partial charge in [0.15, 0.2) is 4.08 Å². The number of carbonyl (C=O) groups is 1. The highest BCUT2D eigenvalue weighted by molar-refractivity contribution is 8.01. The summed E-state index contributed by atoms with van der Waals surface area (Å²) in [5.41, 5.74) is 0. The van der Waals surface area contributed by atoms with Crippen LogP contribution in [-0.4, -0.2) is 27.9 Å². The fourth-order valence-corrected chi connectivity index (χ4v) is 0.462. The maximum absolute atomic E-state index is 10.9. The van der Waals surface area contributed by atoms with E-state index in [9.17, 15) is 4.79 Å². The minimum absolute atomic E-state index is 0.0183. The Morgan fingerprint density at radius 3 is 2.45 bits per heavy atom. The van der Waals surface area contributed by atoms with Gasteiger partial charge in [0.2, 0.25) is 0 Å². The number of hydrogen-bond donors (Lipinski definition) is 3. The monoisotopic (exact) mass is 196 g/mol. The first-order valence-corrected chi connectivity index (χ1v) is 4.03. The molecule has 5 heteroatoms.